The van der Waals surface area contributed by atoms with E-state index in [1.54, 1.807) is 0 Å². The maximum Gasteiger partial charge on any atom is 0.225 e. The fraction of sp³-hybridized carbons (Fsp3) is 0.579. The fourth-order valence-electron chi connectivity index (χ4n) is 3.62. The normalized spacial score (nSPS) is 17.7. The van der Waals surface area contributed by atoms with E-state index in [2.05, 4.69) is 43.5 Å². The predicted molar refractivity (Wildman–Crippen MR) is 93.5 cm³/mol. The lowest BCUT2D eigenvalue weighted by Gasteiger charge is -2.34. The van der Waals surface area contributed by atoms with E-state index in [0.717, 1.165) is 43.7 Å². The quantitative estimate of drug-likeness (QED) is 0.863. The number of piperidine rings is 1. The van der Waals surface area contributed by atoms with Gasteiger partial charge in [-0.25, -0.2) is 4.98 Å². The summed E-state index contributed by atoms with van der Waals surface area (Å²) in [6.45, 7) is 10.0. The van der Waals surface area contributed by atoms with Gasteiger partial charge in [-0.05, 0) is 50.8 Å². The van der Waals surface area contributed by atoms with Crippen molar-refractivity contribution in [2.45, 2.75) is 53.0 Å². The van der Waals surface area contributed by atoms with Crippen LogP contribution in [-0.4, -0.2) is 33.4 Å². The van der Waals surface area contributed by atoms with Crippen molar-refractivity contribution in [1.29, 1.82) is 0 Å². The first kappa shape index (κ1) is 16.0. The van der Waals surface area contributed by atoms with Crippen LogP contribution in [0.5, 0.6) is 0 Å². The van der Waals surface area contributed by atoms with Gasteiger partial charge in [0.15, 0.2) is 0 Å². The van der Waals surface area contributed by atoms with Crippen LogP contribution in [-0.2, 0) is 4.79 Å². The molecule has 0 saturated carbocycles. The van der Waals surface area contributed by atoms with Crippen molar-refractivity contribution in [2.24, 2.45) is 5.92 Å². The number of hydrogen-bond acceptors (Lipinski definition) is 2. The van der Waals surface area contributed by atoms with E-state index in [4.69, 9.17) is 4.98 Å². The summed E-state index contributed by atoms with van der Waals surface area (Å²) < 4.78 is 2.38. The number of likely N-dealkylation sites (tertiary alicyclic amines) is 1. The molecule has 2 heterocycles. The summed E-state index contributed by atoms with van der Waals surface area (Å²) in [5, 5.41) is 0. The molecule has 1 aliphatic heterocycles. The lowest BCUT2D eigenvalue weighted by Crippen LogP contribution is -2.41. The third-order valence-electron chi connectivity index (χ3n) is 5.20. The minimum atomic E-state index is 0.144. The first-order chi connectivity index (χ1) is 11.0. The van der Waals surface area contributed by atoms with E-state index in [-0.39, 0.29) is 5.92 Å². The second kappa shape index (κ2) is 6.34. The Morgan fingerprint density at radius 1 is 1.30 bits per heavy atom. The molecule has 1 fully saturated rings. The molecule has 0 unspecified atom stereocenters. The maximum absolute atomic E-state index is 12.4. The molecule has 3 rings (SSSR count). The molecule has 4 nitrogen and oxygen atoms in total. The summed E-state index contributed by atoms with van der Waals surface area (Å²) in [7, 11) is 0. The van der Waals surface area contributed by atoms with Gasteiger partial charge in [0.1, 0.15) is 5.82 Å². The van der Waals surface area contributed by atoms with Crippen molar-refractivity contribution in [2.75, 3.05) is 13.1 Å². The summed E-state index contributed by atoms with van der Waals surface area (Å²) in [6, 6.07) is 6.90. The molecular weight excluding hydrogens is 286 g/mol. The van der Waals surface area contributed by atoms with E-state index in [1.165, 1.54) is 11.1 Å². The van der Waals surface area contributed by atoms with Crippen LogP contribution < -0.4 is 0 Å². The van der Waals surface area contributed by atoms with E-state index in [0.29, 0.717) is 11.9 Å². The molecule has 1 amide bonds. The summed E-state index contributed by atoms with van der Waals surface area (Å²) in [4.78, 5) is 19.1. The van der Waals surface area contributed by atoms with Gasteiger partial charge in [0.05, 0.1) is 11.0 Å². The first-order valence-corrected chi connectivity index (χ1v) is 8.75. The predicted octanol–water partition coefficient (Wildman–Crippen LogP) is 3.86. The molecule has 0 radical (unpaired) electrons. The number of aromatic nitrogens is 2. The molecule has 2 aromatic rings. The number of imidazole rings is 1. The average molecular weight is 313 g/mol. The molecule has 4 heteroatoms. The Hall–Kier alpha value is -1.84. The van der Waals surface area contributed by atoms with Crippen LogP contribution in [0.4, 0.5) is 0 Å². The van der Waals surface area contributed by atoms with E-state index in [1.807, 2.05) is 11.8 Å². The number of carbonyl (C=O) groups excluding carboxylic acids is 1. The molecule has 0 spiro atoms. The first-order valence-electron chi connectivity index (χ1n) is 8.75. The minimum absolute atomic E-state index is 0.144. The molecule has 0 bridgehead atoms. The number of carbonyl (C=O) groups is 1. The van der Waals surface area contributed by atoms with Crippen molar-refractivity contribution in [3.8, 4) is 0 Å². The number of amides is 1. The highest BCUT2D eigenvalue weighted by molar-refractivity contribution is 5.79. The molecule has 1 atom stereocenters. The van der Waals surface area contributed by atoms with Gasteiger partial charge in [-0.1, -0.05) is 19.9 Å². The molecule has 1 aromatic carbocycles. The van der Waals surface area contributed by atoms with Crippen molar-refractivity contribution < 1.29 is 4.79 Å². The van der Waals surface area contributed by atoms with E-state index in [9.17, 15) is 4.79 Å². The van der Waals surface area contributed by atoms with Crippen LogP contribution in [0.2, 0.25) is 0 Å². The highest BCUT2D eigenvalue weighted by Crippen LogP contribution is 2.29. The highest BCUT2D eigenvalue weighted by Gasteiger charge is 2.27. The van der Waals surface area contributed by atoms with Crippen LogP contribution in [0.15, 0.2) is 18.2 Å². The van der Waals surface area contributed by atoms with Gasteiger partial charge in [0, 0.05) is 25.0 Å². The molecule has 0 N–H and O–H groups in total. The van der Waals surface area contributed by atoms with Crippen LogP contribution in [0.3, 0.4) is 0 Å². The Kier molecular flexibility index (Phi) is 4.42. The van der Waals surface area contributed by atoms with Gasteiger partial charge < -0.3 is 9.47 Å². The molecule has 1 aliphatic rings. The standard InChI is InChI=1S/C19H27N3O/c1-5-14(3)19(23)21-10-8-16(9-11-21)22-15(4)20-17-7-6-13(2)12-18(17)22/h6-7,12,14,16H,5,8-11H2,1-4H3/t14-/m1/s1. The molecule has 0 aliphatic carbocycles. The highest BCUT2D eigenvalue weighted by atomic mass is 16.2. The van der Waals surface area contributed by atoms with E-state index < -0.39 is 0 Å². The van der Waals surface area contributed by atoms with E-state index >= 15 is 0 Å². The van der Waals surface area contributed by atoms with Crippen LogP contribution in [0, 0.1) is 19.8 Å². The van der Waals surface area contributed by atoms with Crippen LogP contribution in [0.25, 0.3) is 11.0 Å². The second-order valence-electron chi connectivity index (χ2n) is 6.89. The average Bonchev–Trinajstić information content (AvgIpc) is 2.88. The van der Waals surface area contributed by atoms with Gasteiger partial charge in [-0.2, -0.15) is 0 Å². The van der Waals surface area contributed by atoms with Crippen LogP contribution >= 0.6 is 0 Å². The Bertz CT molecular complexity index is 711. The Morgan fingerprint density at radius 2 is 2.00 bits per heavy atom. The number of rotatable bonds is 3. The maximum atomic E-state index is 12.4. The van der Waals surface area contributed by atoms with Crippen LogP contribution in [0.1, 0.15) is 50.5 Å². The second-order valence-corrected chi connectivity index (χ2v) is 6.89. The van der Waals surface area contributed by atoms with Gasteiger partial charge in [-0.3, -0.25) is 4.79 Å². The largest absolute Gasteiger partial charge is 0.342 e. The Balaban J connectivity index is 1.79. The zero-order valence-electron chi connectivity index (χ0n) is 14.7. The van der Waals surface area contributed by atoms with Crippen molar-refractivity contribution >= 4 is 16.9 Å². The number of hydrogen-bond donors (Lipinski definition) is 0. The minimum Gasteiger partial charge on any atom is -0.342 e. The van der Waals surface area contributed by atoms with Gasteiger partial charge >= 0.3 is 0 Å². The number of benzene rings is 1. The SMILES string of the molecule is CC[C@@H](C)C(=O)N1CCC(n2c(C)nc3ccc(C)cc32)CC1. The zero-order valence-corrected chi connectivity index (χ0v) is 14.7. The van der Waals surface area contributed by atoms with Crippen molar-refractivity contribution in [3.05, 3.63) is 29.6 Å². The zero-order chi connectivity index (χ0) is 16.6. The number of nitrogens with zero attached hydrogens (tertiary/aromatic N) is 3. The molecular formula is C19H27N3O. The molecule has 23 heavy (non-hydrogen) atoms. The fourth-order valence-corrected chi connectivity index (χ4v) is 3.62. The summed E-state index contributed by atoms with van der Waals surface area (Å²) >= 11 is 0. The van der Waals surface area contributed by atoms with Crippen molar-refractivity contribution in [3.63, 3.8) is 0 Å². The lowest BCUT2D eigenvalue weighted by atomic mass is 10.0. The summed E-state index contributed by atoms with van der Waals surface area (Å²) in [5.74, 6) is 1.54. The molecule has 1 saturated heterocycles. The summed E-state index contributed by atoms with van der Waals surface area (Å²) in [6.07, 6.45) is 2.95. The van der Waals surface area contributed by atoms with Crippen molar-refractivity contribution in [1.82, 2.24) is 14.5 Å². The topological polar surface area (TPSA) is 38.1 Å². The summed E-state index contributed by atoms with van der Waals surface area (Å²) in [5.41, 5.74) is 3.57. The van der Waals surface area contributed by atoms with Gasteiger partial charge in [0.2, 0.25) is 5.91 Å². The monoisotopic (exact) mass is 313 g/mol. The number of aryl methyl sites for hydroxylation is 2. The molecule has 124 valence electrons. The number of fused-ring (bicyclic) bond motifs is 1. The Labute approximate surface area is 138 Å². The van der Waals surface area contributed by atoms with Gasteiger partial charge in [0.25, 0.3) is 0 Å². The van der Waals surface area contributed by atoms with Gasteiger partial charge in [-0.15, -0.1) is 0 Å². The smallest absolute Gasteiger partial charge is 0.225 e. The lowest BCUT2D eigenvalue weighted by molar-refractivity contribution is -0.136. The third kappa shape index (κ3) is 2.99. The Morgan fingerprint density at radius 3 is 2.65 bits per heavy atom. The molecule has 1 aromatic heterocycles. The third-order valence-corrected chi connectivity index (χ3v) is 5.20.